The second-order valence-electron chi connectivity index (χ2n) is 4.49. The number of rotatable bonds is 7. The molecule has 0 heterocycles. The number of carbonyl (C=O) groups is 2. The molecule has 6 nitrogen and oxygen atoms in total. The number of hydrogen-bond acceptors (Lipinski definition) is 3. The predicted octanol–water partition coefficient (Wildman–Crippen LogP) is 2.66. The van der Waals surface area contributed by atoms with Crippen LogP contribution in [0, 0.1) is 0 Å². The molecule has 116 valence electrons. The molecule has 2 amide bonds. The fourth-order valence-electron chi connectivity index (χ4n) is 1.73. The Kier molecular flexibility index (Phi) is 6.98. The quantitative estimate of drug-likeness (QED) is 0.721. The number of carboxylic acids is 1. The summed E-state index contributed by atoms with van der Waals surface area (Å²) in [7, 11) is 0. The van der Waals surface area contributed by atoms with Crippen molar-refractivity contribution in [3.8, 4) is 0 Å². The van der Waals surface area contributed by atoms with Crippen LogP contribution in [0.5, 0.6) is 0 Å². The van der Waals surface area contributed by atoms with Gasteiger partial charge in [0.25, 0.3) is 0 Å². The molecule has 1 aromatic rings. The number of urea groups is 1. The van der Waals surface area contributed by atoms with Crippen molar-refractivity contribution in [2.45, 2.75) is 19.8 Å². The number of aromatic carboxylic acids is 1. The molecule has 0 bridgehead atoms. The second kappa shape index (κ2) is 8.49. The average molecular weight is 315 g/mol. The first-order chi connectivity index (χ1) is 9.99. The van der Waals surface area contributed by atoms with Gasteiger partial charge in [0.15, 0.2) is 0 Å². The van der Waals surface area contributed by atoms with E-state index >= 15 is 0 Å². The van der Waals surface area contributed by atoms with E-state index < -0.39 is 12.0 Å². The molecule has 0 saturated heterocycles. The zero-order valence-corrected chi connectivity index (χ0v) is 12.6. The van der Waals surface area contributed by atoms with Crippen LogP contribution in [-0.4, -0.2) is 46.8 Å². The zero-order valence-electron chi connectivity index (χ0n) is 11.8. The summed E-state index contributed by atoms with van der Waals surface area (Å²) in [4.78, 5) is 24.5. The summed E-state index contributed by atoms with van der Waals surface area (Å²) in [6.45, 7) is 2.59. The van der Waals surface area contributed by atoms with Gasteiger partial charge in [-0.1, -0.05) is 24.9 Å². The summed E-state index contributed by atoms with van der Waals surface area (Å²) >= 11 is 5.96. The van der Waals surface area contributed by atoms with Gasteiger partial charge in [-0.15, -0.1) is 0 Å². The van der Waals surface area contributed by atoms with Crippen molar-refractivity contribution in [1.29, 1.82) is 0 Å². The van der Waals surface area contributed by atoms with Crippen LogP contribution in [0.3, 0.4) is 0 Å². The Morgan fingerprint density at radius 2 is 2.05 bits per heavy atom. The van der Waals surface area contributed by atoms with Gasteiger partial charge in [-0.2, -0.15) is 0 Å². The Morgan fingerprint density at radius 3 is 2.62 bits per heavy atom. The molecule has 0 saturated carbocycles. The van der Waals surface area contributed by atoms with Gasteiger partial charge in [-0.3, -0.25) is 0 Å². The van der Waals surface area contributed by atoms with Crippen LogP contribution < -0.4 is 5.32 Å². The molecule has 21 heavy (non-hydrogen) atoms. The van der Waals surface area contributed by atoms with Crippen molar-refractivity contribution < 1.29 is 19.8 Å². The third kappa shape index (κ3) is 5.24. The van der Waals surface area contributed by atoms with E-state index in [1.165, 1.54) is 23.1 Å². The molecule has 3 N–H and O–H groups in total. The Bertz CT molecular complexity index is 508. The summed E-state index contributed by atoms with van der Waals surface area (Å²) in [5.41, 5.74) is 0.276. The highest BCUT2D eigenvalue weighted by molar-refractivity contribution is 6.33. The average Bonchev–Trinajstić information content (AvgIpc) is 2.45. The number of unbranched alkanes of at least 4 members (excludes halogenated alkanes) is 1. The molecule has 0 aliphatic rings. The standard InChI is InChI=1S/C14H19ClN2O4/c1-2-3-6-17(7-8-18)14(21)16-12-9-10(13(19)20)4-5-11(12)15/h4-5,9,18H,2-3,6-8H2,1H3,(H,16,21)(H,19,20). The van der Waals surface area contributed by atoms with E-state index in [0.717, 1.165) is 12.8 Å². The van der Waals surface area contributed by atoms with Gasteiger partial charge in [-0.25, -0.2) is 9.59 Å². The zero-order chi connectivity index (χ0) is 15.8. The Balaban J connectivity index is 2.84. The van der Waals surface area contributed by atoms with Gasteiger partial charge >= 0.3 is 12.0 Å². The van der Waals surface area contributed by atoms with E-state index in [-0.39, 0.29) is 29.4 Å². The minimum absolute atomic E-state index is 0.0389. The van der Waals surface area contributed by atoms with Gasteiger partial charge in [0.1, 0.15) is 0 Å². The van der Waals surface area contributed by atoms with Crippen molar-refractivity contribution in [2.24, 2.45) is 0 Å². The first kappa shape index (κ1) is 17.3. The van der Waals surface area contributed by atoms with Crippen LogP contribution in [-0.2, 0) is 0 Å². The van der Waals surface area contributed by atoms with Crippen LogP contribution in [0.4, 0.5) is 10.5 Å². The molecule has 0 aromatic heterocycles. The molecule has 1 rings (SSSR count). The number of hydrogen-bond donors (Lipinski definition) is 3. The Labute approximate surface area is 128 Å². The fraction of sp³-hybridized carbons (Fsp3) is 0.429. The third-order valence-corrected chi connectivity index (χ3v) is 3.22. The summed E-state index contributed by atoms with van der Waals surface area (Å²) in [5, 5.41) is 20.8. The van der Waals surface area contributed by atoms with Crippen molar-refractivity contribution in [2.75, 3.05) is 25.0 Å². The largest absolute Gasteiger partial charge is 0.478 e. The lowest BCUT2D eigenvalue weighted by atomic mass is 10.2. The maximum absolute atomic E-state index is 12.1. The highest BCUT2D eigenvalue weighted by Gasteiger charge is 2.15. The molecule has 0 aliphatic carbocycles. The minimum atomic E-state index is -1.10. The monoisotopic (exact) mass is 314 g/mol. The van der Waals surface area contributed by atoms with E-state index in [4.69, 9.17) is 21.8 Å². The van der Waals surface area contributed by atoms with Crippen molar-refractivity contribution in [3.63, 3.8) is 0 Å². The summed E-state index contributed by atoms with van der Waals surface area (Å²) in [6, 6.07) is 3.67. The normalized spacial score (nSPS) is 10.2. The van der Waals surface area contributed by atoms with Gasteiger partial charge in [0, 0.05) is 13.1 Å². The number of nitrogens with zero attached hydrogens (tertiary/aromatic N) is 1. The molecular formula is C14H19ClN2O4. The molecule has 0 unspecified atom stereocenters. The number of aliphatic hydroxyl groups is 1. The Hall–Kier alpha value is -1.79. The van der Waals surface area contributed by atoms with Crippen molar-refractivity contribution in [1.82, 2.24) is 4.90 Å². The van der Waals surface area contributed by atoms with E-state index in [9.17, 15) is 9.59 Å². The topological polar surface area (TPSA) is 89.9 Å². The number of carbonyl (C=O) groups excluding carboxylic acids is 1. The SMILES string of the molecule is CCCCN(CCO)C(=O)Nc1cc(C(=O)O)ccc1Cl. The number of benzene rings is 1. The summed E-state index contributed by atoms with van der Waals surface area (Å²) in [6.07, 6.45) is 1.74. The first-order valence-corrected chi connectivity index (χ1v) is 7.07. The van der Waals surface area contributed by atoms with Gasteiger partial charge in [0.2, 0.25) is 0 Å². The van der Waals surface area contributed by atoms with Crippen LogP contribution in [0.25, 0.3) is 0 Å². The molecular weight excluding hydrogens is 296 g/mol. The number of nitrogens with one attached hydrogen (secondary N) is 1. The maximum Gasteiger partial charge on any atom is 0.335 e. The lowest BCUT2D eigenvalue weighted by Gasteiger charge is -2.22. The summed E-state index contributed by atoms with van der Waals surface area (Å²) in [5.74, 6) is -1.10. The molecule has 0 radical (unpaired) electrons. The lowest BCUT2D eigenvalue weighted by Crippen LogP contribution is -2.37. The highest BCUT2D eigenvalue weighted by atomic mass is 35.5. The fourth-order valence-corrected chi connectivity index (χ4v) is 1.90. The Morgan fingerprint density at radius 1 is 1.33 bits per heavy atom. The number of carboxylic acid groups (broad SMARTS) is 1. The molecule has 0 spiro atoms. The van der Waals surface area contributed by atoms with Crippen LogP contribution in [0.1, 0.15) is 30.1 Å². The maximum atomic E-state index is 12.1. The van der Waals surface area contributed by atoms with Crippen LogP contribution >= 0.6 is 11.6 Å². The number of amides is 2. The van der Waals surface area contributed by atoms with E-state index in [1.54, 1.807) is 0 Å². The second-order valence-corrected chi connectivity index (χ2v) is 4.90. The minimum Gasteiger partial charge on any atom is -0.478 e. The van der Waals surface area contributed by atoms with Crippen molar-refractivity contribution >= 4 is 29.3 Å². The lowest BCUT2D eigenvalue weighted by molar-refractivity contribution is 0.0697. The van der Waals surface area contributed by atoms with Gasteiger partial charge in [-0.05, 0) is 24.6 Å². The molecule has 0 fully saturated rings. The molecule has 0 aliphatic heterocycles. The highest BCUT2D eigenvalue weighted by Crippen LogP contribution is 2.23. The first-order valence-electron chi connectivity index (χ1n) is 6.69. The predicted molar refractivity (Wildman–Crippen MR) is 81.0 cm³/mol. The summed E-state index contributed by atoms with van der Waals surface area (Å²) < 4.78 is 0. The van der Waals surface area contributed by atoms with Crippen molar-refractivity contribution in [3.05, 3.63) is 28.8 Å². The molecule has 0 atom stereocenters. The molecule has 7 heteroatoms. The van der Waals surface area contributed by atoms with Gasteiger partial charge in [0.05, 0.1) is 22.9 Å². The number of halogens is 1. The number of aliphatic hydroxyl groups excluding tert-OH is 1. The third-order valence-electron chi connectivity index (χ3n) is 2.89. The van der Waals surface area contributed by atoms with Crippen LogP contribution in [0.15, 0.2) is 18.2 Å². The van der Waals surface area contributed by atoms with E-state index in [0.29, 0.717) is 6.54 Å². The van der Waals surface area contributed by atoms with E-state index in [2.05, 4.69) is 5.32 Å². The number of anilines is 1. The van der Waals surface area contributed by atoms with Gasteiger partial charge < -0.3 is 20.4 Å². The van der Waals surface area contributed by atoms with E-state index in [1.807, 2.05) is 6.92 Å². The molecule has 1 aromatic carbocycles. The smallest absolute Gasteiger partial charge is 0.335 e. The van der Waals surface area contributed by atoms with Crippen LogP contribution in [0.2, 0.25) is 5.02 Å².